The van der Waals surface area contributed by atoms with Gasteiger partial charge in [-0.05, 0) is 17.6 Å². The third kappa shape index (κ3) is 3.51. The van der Waals surface area contributed by atoms with Gasteiger partial charge in [-0.25, -0.2) is 0 Å². The van der Waals surface area contributed by atoms with Crippen molar-refractivity contribution in [3.63, 3.8) is 0 Å². The largest absolute Gasteiger partial charge is 0.264 e. The summed E-state index contributed by atoms with van der Waals surface area (Å²) in [6.07, 6.45) is 0.585. The summed E-state index contributed by atoms with van der Waals surface area (Å²) in [5.41, 5.74) is 1.70. The van der Waals surface area contributed by atoms with Crippen LogP contribution in [0.4, 0.5) is 0 Å². The molecule has 1 aromatic carbocycles. The SMILES string of the molecule is C=C(Cc1ccccc1)C[N+](=O)[O-]. The molecule has 0 saturated carbocycles. The van der Waals surface area contributed by atoms with Crippen LogP contribution in [0.3, 0.4) is 0 Å². The van der Waals surface area contributed by atoms with Crippen LogP contribution in [0.1, 0.15) is 5.56 Å². The van der Waals surface area contributed by atoms with Crippen LogP contribution < -0.4 is 0 Å². The first-order valence-corrected chi connectivity index (χ1v) is 4.01. The predicted octanol–water partition coefficient (Wildman–Crippen LogP) is 2.06. The minimum absolute atomic E-state index is 0.144. The second-order valence-corrected chi connectivity index (χ2v) is 2.90. The van der Waals surface area contributed by atoms with Gasteiger partial charge in [-0.1, -0.05) is 36.9 Å². The number of hydrogen-bond donors (Lipinski definition) is 0. The van der Waals surface area contributed by atoms with Gasteiger partial charge < -0.3 is 0 Å². The van der Waals surface area contributed by atoms with Crippen LogP contribution in [0.25, 0.3) is 0 Å². The van der Waals surface area contributed by atoms with Crippen LogP contribution in [0.5, 0.6) is 0 Å². The fourth-order valence-electron chi connectivity index (χ4n) is 1.12. The minimum Gasteiger partial charge on any atom is -0.264 e. The highest BCUT2D eigenvalue weighted by atomic mass is 16.6. The molecule has 0 atom stereocenters. The van der Waals surface area contributed by atoms with Gasteiger partial charge in [-0.2, -0.15) is 0 Å². The Morgan fingerprint density at radius 2 is 2.00 bits per heavy atom. The van der Waals surface area contributed by atoms with Crippen molar-refractivity contribution in [2.45, 2.75) is 6.42 Å². The van der Waals surface area contributed by atoms with Crippen LogP contribution in [0, 0.1) is 10.1 Å². The molecule has 68 valence electrons. The van der Waals surface area contributed by atoms with Gasteiger partial charge in [0.1, 0.15) is 0 Å². The van der Waals surface area contributed by atoms with E-state index in [0.29, 0.717) is 12.0 Å². The summed E-state index contributed by atoms with van der Waals surface area (Å²) in [7, 11) is 0. The van der Waals surface area contributed by atoms with E-state index < -0.39 is 0 Å². The molecular weight excluding hydrogens is 166 g/mol. The lowest BCUT2D eigenvalue weighted by atomic mass is 10.1. The summed E-state index contributed by atoms with van der Waals surface area (Å²) >= 11 is 0. The zero-order chi connectivity index (χ0) is 9.68. The van der Waals surface area contributed by atoms with Gasteiger partial charge in [-0.15, -0.1) is 0 Å². The lowest BCUT2D eigenvalue weighted by Gasteiger charge is -2.00. The summed E-state index contributed by atoms with van der Waals surface area (Å²) in [5.74, 6) is 0. The van der Waals surface area contributed by atoms with Crippen LogP contribution in [0.2, 0.25) is 0 Å². The van der Waals surface area contributed by atoms with E-state index in [9.17, 15) is 10.1 Å². The molecule has 3 heteroatoms. The van der Waals surface area contributed by atoms with E-state index >= 15 is 0 Å². The first-order chi connectivity index (χ1) is 6.18. The van der Waals surface area contributed by atoms with E-state index in [1.807, 2.05) is 30.3 Å². The maximum atomic E-state index is 10.1. The Kier molecular flexibility index (Phi) is 3.20. The monoisotopic (exact) mass is 177 g/mol. The number of benzene rings is 1. The molecule has 0 saturated heterocycles. The maximum Gasteiger partial charge on any atom is 0.225 e. The normalized spacial score (nSPS) is 9.54. The summed E-state index contributed by atoms with van der Waals surface area (Å²) in [4.78, 5) is 9.79. The molecule has 0 heterocycles. The Morgan fingerprint density at radius 1 is 1.38 bits per heavy atom. The summed E-state index contributed by atoms with van der Waals surface area (Å²) in [6, 6.07) is 9.61. The average molecular weight is 177 g/mol. The predicted molar refractivity (Wildman–Crippen MR) is 51.1 cm³/mol. The minimum atomic E-state index is -0.356. The number of rotatable bonds is 4. The first-order valence-electron chi connectivity index (χ1n) is 4.01. The van der Waals surface area contributed by atoms with E-state index in [2.05, 4.69) is 6.58 Å². The molecule has 1 aromatic rings. The highest BCUT2D eigenvalue weighted by Gasteiger charge is 2.02. The van der Waals surface area contributed by atoms with Crippen molar-refractivity contribution in [1.82, 2.24) is 0 Å². The van der Waals surface area contributed by atoms with Crippen molar-refractivity contribution in [2.24, 2.45) is 0 Å². The van der Waals surface area contributed by atoms with Gasteiger partial charge in [0.25, 0.3) is 0 Å². The third-order valence-electron chi connectivity index (χ3n) is 1.65. The Morgan fingerprint density at radius 3 is 2.54 bits per heavy atom. The number of nitrogens with zero attached hydrogens (tertiary/aromatic N) is 1. The lowest BCUT2D eigenvalue weighted by Crippen LogP contribution is -2.05. The second-order valence-electron chi connectivity index (χ2n) is 2.90. The van der Waals surface area contributed by atoms with Crippen molar-refractivity contribution in [2.75, 3.05) is 6.54 Å². The molecular formula is C10H11NO2. The van der Waals surface area contributed by atoms with Gasteiger partial charge in [0.05, 0.1) is 0 Å². The van der Waals surface area contributed by atoms with E-state index in [1.54, 1.807) is 0 Å². The summed E-state index contributed by atoms with van der Waals surface area (Å²) in [5, 5.41) is 10.1. The molecule has 0 aromatic heterocycles. The van der Waals surface area contributed by atoms with Crippen molar-refractivity contribution < 1.29 is 4.92 Å². The van der Waals surface area contributed by atoms with Crippen molar-refractivity contribution in [3.05, 3.63) is 58.2 Å². The Bertz CT molecular complexity index is 306. The van der Waals surface area contributed by atoms with Crippen molar-refractivity contribution in [3.8, 4) is 0 Å². The molecule has 13 heavy (non-hydrogen) atoms. The van der Waals surface area contributed by atoms with E-state index in [1.165, 1.54) is 0 Å². The Balaban J connectivity index is 2.50. The molecule has 0 unspecified atom stereocenters. The van der Waals surface area contributed by atoms with Crippen molar-refractivity contribution in [1.29, 1.82) is 0 Å². The van der Waals surface area contributed by atoms with E-state index in [4.69, 9.17) is 0 Å². The molecule has 0 aliphatic carbocycles. The zero-order valence-electron chi connectivity index (χ0n) is 7.27. The quantitative estimate of drug-likeness (QED) is 0.401. The van der Waals surface area contributed by atoms with Gasteiger partial charge in [0.2, 0.25) is 6.54 Å². The number of nitro groups is 1. The number of hydrogen-bond acceptors (Lipinski definition) is 2. The summed E-state index contributed by atoms with van der Waals surface area (Å²) in [6.45, 7) is 3.50. The molecule has 0 spiro atoms. The Hall–Kier alpha value is -1.64. The molecule has 0 N–H and O–H groups in total. The third-order valence-corrected chi connectivity index (χ3v) is 1.65. The molecule has 0 aliphatic heterocycles. The van der Waals surface area contributed by atoms with E-state index in [0.717, 1.165) is 5.56 Å². The van der Waals surface area contributed by atoms with Gasteiger partial charge in [0.15, 0.2) is 0 Å². The van der Waals surface area contributed by atoms with E-state index in [-0.39, 0.29) is 11.5 Å². The van der Waals surface area contributed by atoms with Crippen LogP contribution in [0.15, 0.2) is 42.5 Å². The molecule has 3 nitrogen and oxygen atoms in total. The van der Waals surface area contributed by atoms with Crippen LogP contribution in [-0.2, 0) is 6.42 Å². The zero-order valence-corrected chi connectivity index (χ0v) is 7.27. The highest BCUT2D eigenvalue weighted by molar-refractivity contribution is 5.20. The second kappa shape index (κ2) is 4.40. The molecule has 0 bridgehead atoms. The molecule has 0 radical (unpaired) electrons. The van der Waals surface area contributed by atoms with Gasteiger partial charge >= 0.3 is 0 Å². The molecule has 0 aliphatic rings. The Labute approximate surface area is 76.9 Å². The average Bonchev–Trinajstić information content (AvgIpc) is 2.04. The van der Waals surface area contributed by atoms with Crippen LogP contribution >= 0.6 is 0 Å². The first kappa shape index (κ1) is 9.45. The summed E-state index contributed by atoms with van der Waals surface area (Å²) < 4.78 is 0. The molecule has 0 amide bonds. The van der Waals surface area contributed by atoms with Crippen LogP contribution in [-0.4, -0.2) is 11.5 Å². The topological polar surface area (TPSA) is 43.1 Å². The lowest BCUT2D eigenvalue weighted by molar-refractivity contribution is -0.471. The fourth-order valence-corrected chi connectivity index (χ4v) is 1.12. The molecule has 1 rings (SSSR count). The van der Waals surface area contributed by atoms with Gasteiger partial charge in [0, 0.05) is 4.92 Å². The standard InChI is InChI=1S/C10H11NO2/c1-9(8-11(12)13)7-10-5-3-2-4-6-10/h2-6H,1,7-8H2. The highest BCUT2D eigenvalue weighted by Crippen LogP contribution is 2.05. The molecule has 0 fully saturated rings. The van der Waals surface area contributed by atoms with Crippen molar-refractivity contribution >= 4 is 0 Å². The maximum absolute atomic E-state index is 10.1. The van der Waals surface area contributed by atoms with Gasteiger partial charge in [-0.3, -0.25) is 10.1 Å². The fraction of sp³-hybridized carbons (Fsp3) is 0.200. The smallest absolute Gasteiger partial charge is 0.225 e.